The summed E-state index contributed by atoms with van der Waals surface area (Å²) in [5.74, 6) is -0.453. The first-order chi connectivity index (χ1) is 12.5. The number of carbonyl (C=O) groups excluding carboxylic acids is 2. The van der Waals surface area contributed by atoms with Crippen LogP contribution in [0.5, 0.6) is 5.75 Å². The summed E-state index contributed by atoms with van der Waals surface area (Å²) in [4.78, 5) is 26.4. The summed E-state index contributed by atoms with van der Waals surface area (Å²) >= 11 is 5.96. The third-order valence-electron chi connectivity index (χ3n) is 4.13. The van der Waals surface area contributed by atoms with Crippen molar-refractivity contribution < 1.29 is 18.7 Å². The molecule has 1 aliphatic heterocycles. The number of para-hydroxylation sites is 2. The molecule has 2 amide bonds. The molecule has 5 nitrogen and oxygen atoms in total. The molecule has 0 aromatic heterocycles. The molecule has 0 saturated carbocycles. The zero-order chi connectivity index (χ0) is 18.7. The van der Waals surface area contributed by atoms with Gasteiger partial charge in [-0.05, 0) is 36.2 Å². The Hall–Kier alpha value is -2.60. The van der Waals surface area contributed by atoms with Gasteiger partial charge in [0.2, 0.25) is 5.91 Å². The number of hydrogen-bond donors (Lipinski definition) is 1. The van der Waals surface area contributed by atoms with Crippen molar-refractivity contribution in [2.24, 2.45) is 0 Å². The van der Waals surface area contributed by atoms with Gasteiger partial charge in [0.15, 0.2) is 6.10 Å². The monoisotopic (exact) mass is 376 g/mol. The van der Waals surface area contributed by atoms with E-state index in [1.54, 1.807) is 18.2 Å². The van der Waals surface area contributed by atoms with Gasteiger partial charge in [-0.3, -0.25) is 14.5 Å². The number of benzene rings is 2. The second-order valence-electron chi connectivity index (χ2n) is 5.92. The van der Waals surface area contributed by atoms with Crippen LogP contribution in [0, 0.1) is 5.82 Å². The summed E-state index contributed by atoms with van der Waals surface area (Å²) in [6.45, 7) is 1.87. The molecule has 1 N–H and O–H groups in total. The highest BCUT2D eigenvalue weighted by atomic mass is 35.5. The first kappa shape index (κ1) is 18.2. The van der Waals surface area contributed by atoms with Crippen molar-refractivity contribution in [1.82, 2.24) is 5.32 Å². The number of ether oxygens (including phenoxy) is 1. The number of hydrogen-bond acceptors (Lipinski definition) is 3. The number of nitrogens with zero attached hydrogens (tertiary/aromatic N) is 1. The zero-order valence-electron chi connectivity index (χ0n) is 14.2. The standard InChI is InChI=1S/C19H18ClFN2O3/c1-2-16-19(25)23(15-5-3-4-6-17(15)26-16)11-18(24)22-10-12-7-8-13(21)9-14(12)20/h3-9,16H,2,10-11H2,1H3,(H,22,24). The Balaban J connectivity index is 1.70. The van der Waals surface area contributed by atoms with Gasteiger partial charge >= 0.3 is 0 Å². The Morgan fingerprint density at radius 3 is 2.81 bits per heavy atom. The van der Waals surface area contributed by atoms with Crippen LogP contribution in [0.3, 0.4) is 0 Å². The molecular weight excluding hydrogens is 359 g/mol. The van der Waals surface area contributed by atoms with Gasteiger partial charge in [0.1, 0.15) is 18.1 Å². The molecule has 0 saturated heterocycles. The molecule has 0 spiro atoms. The van der Waals surface area contributed by atoms with E-state index in [2.05, 4.69) is 5.32 Å². The lowest BCUT2D eigenvalue weighted by molar-refractivity contribution is -0.129. The summed E-state index contributed by atoms with van der Waals surface area (Å²) < 4.78 is 18.8. The second kappa shape index (κ2) is 7.74. The van der Waals surface area contributed by atoms with Crippen molar-refractivity contribution in [1.29, 1.82) is 0 Å². The molecule has 2 aromatic carbocycles. The fraction of sp³-hybridized carbons (Fsp3) is 0.263. The van der Waals surface area contributed by atoms with Gasteiger partial charge in [-0.25, -0.2) is 4.39 Å². The van der Waals surface area contributed by atoms with Crippen molar-refractivity contribution in [3.05, 3.63) is 58.9 Å². The molecule has 0 bridgehead atoms. The lowest BCUT2D eigenvalue weighted by atomic mass is 10.1. The number of anilines is 1. The molecule has 0 aliphatic carbocycles. The largest absolute Gasteiger partial charge is 0.478 e. The van der Waals surface area contributed by atoms with Crippen LogP contribution in [0.1, 0.15) is 18.9 Å². The minimum absolute atomic E-state index is 0.130. The van der Waals surface area contributed by atoms with E-state index in [0.717, 1.165) is 0 Å². The highest BCUT2D eigenvalue weighted by Gasteiger charge is 2.34. The molecule has 1 atom stereocenters. The number of nitrogens with one attached hydrogen (secondary N) is 1. The van der Waals surface area contributed by atoms with Crippen LogP contribution < -0.4 is 15.0 Å². The molecule has 26 heavy (non-hydrogen) atoms. The van der Waals surface area contributed by atoms with Crippen molar-refractivity contribution in [3.63, 3.8) is 0 Å². The van der Waals surface area contributed by atoms with E-state index < -0.39 is 11.9 Å². The van der Waals surface area contributed by atoms with E-state index >= 15 is 0 Å². The first-order valence-electron chi connectivity index (χ1n) is 8.27. The Labute approximate surface area is 155 Å². The first-order valence-corrected chi connectivity index (χ1v) is 8.65. The molecular formula is C19H18ClFN2O3. The maximum atomic E-state index is 13.1. The third-order valence-corrected chi connectivity index (χ3v) is 4.48. The van der Waals surface area contributed by atoms with Crippen LogP contribution in [0.2, 0.25) is 5.02 Å². The number of amides is 2. The summed E-state index contributed by atoms with van der Waals surface area (Å²) in [6.07, 6.45) is -0.0968. The fourth-order valence-corrected chi connectivity index (χ4v) is 2.99. The molecule has 1 unspecified atom stereocenters. The van der Waals surface area contributed by atoms with E-state index in [0.29, 0.717) is 23.4 Å². The molecule has 0 fully saturated rings. The van der Waals surface area contributed by atoms with Gasteiger partial charge in [-0.1, -0.05) is 36.7 Å². The van der Waals surface area contributed by atoms with Crippen LogP contribution in [-0.4, -0.2) is 24.5 Å². The van der Waals surface area contributed by atoms with Gasteiger partial charge in [0.05, 0.1) is 5.69 Å². The lowest BCUT2D eigenvalue weighted by Crippen LogP contribution is -2.49. The molecule has 3 rings (SSSR count). The second-order valence-corrected chi connectivity index (χ2v) is 6.33. The summed E-state index contributed by atoms with van der Waals surface area (Å²) in [5.41, 5.74) is 1.17. The number of rotatable bonds is 5. The van der Waals surface area contributed by atoms with Crippen molar-refractivity contribution in [3.8, 4) is 5.75 Å². The maximum absolute atomic E-state index is 13.1. The van der Waals surface area contributed by atoms with Crippen LogP contribution in [0.15, 0.2) is 42.5 Å². The van der Waals surface area contributed by atoms with Crippen LogP contribution in [0.4, 0.5) is 10.1 Å². The highest BCUT2D eigenvalue weighted by Crippen LogP contribution is 2.34. The molecule has 1 heterocycles. The highest BCUT2D eigenvalue weighted by molar-refractivity contribution is 6.31. The zero-order valence-corrected chi connectivity index (χ0v) is 14.9. The molecule has 2 aromatic rings. The van der Waals surface area contributed by atoms with Gasteiger partial charge < -0.3 is 10.1 Å². The minimum Gasteiger partial charge on any atom is -0.478 e. The third kappa shape index (κ3) is 3.80. The smallest absolute Gasteiger partial charge is 0.268 e. The van der Waals surface area contributed by atoms with E-state index in [-0.39, 0.29) is 29.9 Å². The molecule has 136 valence electrons. The Bertz CT molecular complexity index is 843. The SMILES string of the molecule is CCC1Oc2ccccc2N(CC(=O)NCc2ccc(F)cc2Cl)C1=O. The Morgan fingerprint density at radius 2 is 2.08 bits per heavy atom. The van der Waals surface area contributed by atoms with Crippen molar-refractivity contribution in [2.45, 2.75) is 26.0 Å². The van der Waals surface area contributed by atoms with E-state index in [9.17, 15) is 14.0 Å². The Kier molecular flexibility index (Phi) is 5.42. The number of carbonyl (C=O) groups is 2. The van der Waals surface area contributed by atoms with Crippen LogP contribution in [-0.2, 0) is 16.1 Å². The van der Waals surface area contributed by atoms with Crippen LogP contribution >= 0.6 is 11.6 Å². The van der Waals surface area contributed by atoms with Crippen molar-refractivity contribution in [2.75, 3.05) is 11.4 Å². The normalized spacial score (nSPS) is 16.0. The molecule has 0 radical (unpaired) electrons. The summed E-state index contributed by atoms with van der Waals surface area (Å²) in [7, 11) is 0. The number of halogens is 2. The molecule has 7 heteroatoms. The van der Waals surface area contributed by atoms with Crippen molar-refractivity contribution >= 4 is 29.1 Å². The predicted octanol–water partition coefficient (Wildman–Crippen LogP) is 3.30. The summed E-state index contributed by atoms with van der Waals surface area (Å²) in [5, 5.41) is 2.95. The molecule has 1 aliphatic rings. The van der Waals surface area contributed by atoms with Gasteiger partial charge in [0, 0.05) is 11.6 Å². The quantitative estimate of drug-likeness (QED) is 0.871. The average molecular weight is 377 g/mol. The maximum Gasteiger partial charge on any atom is 0.268 e. The van der Waals surface area contributed by atoms with Gasteiger partial charge in [-0.2, -0.15) is 0 Å². The van der Waals surface area contributed by atoms with E-state index in [1.807, 2.05) is 13.0 Å². The van der Waals surface area contributed by atoms with Gasteiger partial charge in [0.25, 0.3) is 5.91 Å². The Morgan fingerprint density at radius 1 is 1.31 bits per heavy atom. The predicted molar refractivity (Wildman–Crippen MR) is 96.8 cm³/mol. The van der Waals surface area contributed by atoms with E-state index in [4.69, 9.17) is 16.3 Å². The lowest BCUT2D eigenvalue weighted by Gasteiger charge is -2.33. The van der Waals surface area contributed by atoms with Gasteiger partial charge in [-0.15, -0.1) is 0 Å². The number of fused-ring (bicyclic) bond motifs is 1. The summed E-state index contributed by atoms with van der Waals surface area (Å²) in [6, 6.07) is 11.1. The van der Waals surface area contributed by atoms with E-state index in [1.165, 1.54) is 23.1 Å². The fourth-order valence-electron chi connectivity index (χ4n) is 2.76. The minimum atomic E-state index is -0.607. The average Bonchev–Trinajstić information content (AvgIpc) is 2.63. The topological polar surface area (TPSA) is 58.6 Å². The van der Waals surface area contributed by atoms with Crippen LogP contribution in [0.25, 0.3) is 0 Å².